The van der Waals surface area contributed by atoms with E-state index in [1.165, 1.54) is 0 Å². The van der Waals surface area contributed by atoms with Gasteiger partial charge in [-0.25, -0.2) is 4.39 Å². The van der Waals surface area contributed by atoms with Crippen LogP contribution in [0.25, 0.3) is 0 Å². The quantitative estimate of drug-likeness (QED) is 0.859. The molecule has 1 aliphatic carbocycles. The van der Waals surface area contributed by atoms with Crippen molar-refractivity contribution in [3.63, 3.8) is 0 Å². The van der Waals surface area contributed by atoms with Gasteiger partial charge >= 0.3 is 0 Å². The van der Waals surface area contributed by atoms with E-state index in [9.17, 15) is 4.39 Å². The van der Waals surface area contributed by atoms with Crippen molar-refractivity contribution in [1.29, 1.82) is 0 Å². The van der Waals surface area contributed by atoms with Crippen LogP contribution < -0.4 is 5.32 Å². The lowest BCUT2D eigenvalue weighted by Crippen LogP contribution is -2.48. The number of benzene rings is 1. The maximum Gasteiger partial charge on any atom is 0.126 e. The lowest BCUT2D eigenvalue weighted by molar-refractivity contribution is 0.197. The SMILES string of the molecule is CC(C)C(CNC1CC(c2ccccc2F)C1)N(C)C. The van der Waals surface area contributed by atoms with Gasteiger partial charge in [0.1, 0.15) is 5.82 Å². The van der Waals surface area contributed by atoms with Crippen LogP contribution >= 0.6 is 0 Å². The molecule has 20 heavy (non-hydrogen) atoms. The Hall–Kier alpha value is -0.930. The van der Waals surface area contributed by atoms with Crippen molar-refractivity contribution in [1.82, 2.24) is 10.2 Å². The third-order valence-electron chi connectivity index (χ3n) is 4.53. The smallest absolute Gasteiger partial charge is 0.126 e. The molecular formula is C17H27FN2. The van der Waals surface area contributed by atoms with E-state index in [1.807, 2.05) is 12.1 Å². The molecule has 112 valence electrons. The summed E-state index contributed by atoms with van der Waals surface area (Å²) in [7, 11) is 4.27. The molecule has 0 aromatic heterocycles. The normalized spacial score (nSPS) is 23.9. The molecule has 1 aromatic carbocycles. The van der Waals surface area contributed by atoms with E-state index < -0.39 is 0 Å². The van der Waals surface area contributed by atoms with E-state index in [0.717, 1.165) is 24.9 Å². The maximum absolute atomic E-state index is 13.7. The molecule has 2 rings (SSSR count). The largest absolute Gasteiger partial charge is 0.312 e. The number of nitrogens with one attached hydrogen (secondary N) is 1. The minimum Gasteiger partial charge on any atom is -0.312 e. The fourth-order valence-corrected chi connectivity index (χ4v) is 3.15. The number of hydrogen-bond donors (Lipinski definition) is 1. The van der Waals surface area contributed by atoms with E-state index >= 15 is 0 Å². The molecular weight excluding hydrogens is 251 g/mol. The first kappa shape index (κ1) is 15.5. The zero-order chi connectivity index (χ0) is 14.7. The number of nitrogens with zero attached hydrogens (tertiary/aromatic N) is 1. The Morgan fingerprint density at radius 2 is 1.90 bits per heavy atom. The highest BCUT2D eigenvalue weighted by molar-refractivity contribution is 5.24. The summed E-state index contributed by atoms with van der Waals surface area (Å²) in [5, 5.41) is 3.64. The average Bonchev–Trinajstić information content (AvgIpc) is 2.32. The Morgan fingerprint density at radius 3 is 2.45 bits per heavy atom. The van der Waals surface area contributed by atoms with Gasteiger partial charge in [-0.05, 0) is 50.4 Å². The first-order valence-corrected chi connectivity index (χ1v) is 7.63. The Labute approximate surface area is 122 Å². The number of likely N-dealkylation sites (N-methyl/N-ethyl adjacent to an activating group) is 1. The van der Waals surface area contributed by atoms with Crippen LogP contribution in [0.15, 0.2) is 24.3 Å². The van der Waals surface area contributed by atoms with Gasteiger partial charge in [-0.1, -0.05) is 32.0 Å². The van der Waals surface area contributed by atoms with E-state index in [4.69, 9.17) is 0 Å². The second-order valence-electron chi connectivity index (χ2n) is 6.57. The first-order valence-electron chi connectivity index (χ1n) is 7.63. The number of hydrogen-bond acceptors (Lipinski definition) is 2. The molecule has 0 aliphatic heterocycles. The summed E-state index contributed by atoms with van der Waals surface area (Å²) in [6, 6.07) is 8.28. The van der Waals surface area contributed by atoms with Crippen LogP contribution in [0, 0.1) is 11.7 Å². The van der Waals surface area contributed by atoms with E-state index in [-0.39, 0.29) is 5.82 Å². The van der Waals surface area contributed by atoms with E-state index in [0.29, 0.717) is 23.9 Å². The monoisotopic (exact) mass is 278 g/mol. The molecule has 1 N–H and O–H groups in total. The molecule has 0 heterocycles. The summed E-state index contributed by atoms with van der Waals surface area (Å²) in [4.78, 5) is 2.28. The van der Waals surface area contributed by atoms with Crippen LogP contribution in [0.2, 0.25) is 0 Å². The minimum absolute atomic E-state index is 0.0516. The van der Waals surface area contributed by atoms with Gasteiger partial charge in [0.2, 0.25) is 0 Å². The molecule has 1 unspecified atom stereocenters. The van der Waals surface area contributed by atoms with Crippen LogP contribution in [0.3, 0.4) is 0 Å². The van der Waals surface area contributed by atoms with Gasteiger partial charge in [-0.3, -0.25) is 0 Å². The van der Waals surface area contributed by atoms with Crippen molar-refractivity contribution in [2.24, 2.45) is 5.92 Å². The fraction of sp³-hybridized carbons (Fsp3) is 0.647. The average molecular weight is 278 g/mol. The van der Waals surface area contributed by atoms with Crippen LogP contribution in [0.5, 0.6) is 0 Å². The molecule has 3 heteroatoms. The summed E-state index contributed by atoms with van der Waals surface area (Å²) in [6.45, 7) is 5.53. The molecule has 1 aliphatic rings. The predicted octanol–water partition coefficient (Wildman–Crippen LogP) is 3.25. The molecule has 1 saturated carbocycles. The first-order chi connectivity index (χ1) is 9.49. The van der Waals surface area contributed by atoms with Gasteiger partial charge in [0, 0.05) is 18.6 Å². The second kappa shape index (κ2) is 6.68. The van der Waals surface area contributed by atoms with Crippen molar-refractivity contribution in [3.8, 4) is 0 Å². The van der Waals surface area contributed by atoms with Gasteiger partial charge in [-0.2, -0.15) is 0 Å². The van der Waals surface area contributed by atoms with Crippen LogP contribution in [0.1, 0.15) is 38.2 Å². The lowest BCUT2D eigenvalue weighted by Gasteiger charge is -2.38. The summed E-state index contributed by atoms with van der Waals surface area (Å²) in [6.07, 6.45) is 2.11. The summed E-state index contributed by atoms with van der Waals surface area (Å²) in [5.74, 6) is 0.981. The molecule has 0 bridgehead atoms. The summed E-state index contributed by atoms with van der Waals surface area (Å²) >= 11 is 0. The zero-order valence-corrected chi connectivity index (χ0v) is 13.1. The third-order valence-corrected chi connectivity index (χ3v) is 4.53. The highest BCUT2D eigenvalue weighted by Gasteiger charge is 2.32. The molecule has 0 spiro atoms. The number of rotatable bonds is 6. The van der Waals surface area contributed by atoms with Crippen molar-refractivity contribution in [2.75, 3.05) is 20.6 Å². The van der Waals surface area contributed by atoms with Gasteiger partial charge in [0.15, 0.2) is 0 Å². The Bertz CT molecular complexity index is 417. The molecule has 1 aromatic rings. The van der Waals surface area contributed by atoms with Crippen LogP contribution in [0.4, 0.5) is 4.39 Å². The van der Waals surface area contributed by atoms with Crippen molar-refractivity contribution < 1.29 is 4.39 Å². The molecule has 0 amide bonds. The molecule has 0 radical (unpaired) electrons. The second-order valence-corrected chi connectivity index (χ2v) is 6.57. The number of halogens is 1. The van der Waals surface area contributed by atoms with Crippen molar-refractivity contribution >= 4 is 0 Å². The Morgan fingerprint density at radius 1 is 1.25 bits per heavy atom. The zero-order valence-electron chi connectivity index (χ0n) is 13.1. The highest BCUT2D eigenvalue weighted by Crippen LogP contribution is 2.37. The van der Waals surface area contributed by atoms with Crippen molar-refractivity contribution in [2.45, 2.75) is 44.7 Å². The minimum atomic E-state index is -0.0516. The highest BCUT2D eigenvalue weighted by atomic mass is 19.1. The molecule has 0 saturated heterocycles. The standard InChI is InChI=1S/C17H27FN2/c1-12(2)17(20(3)4)11-19-14-9-13(10-14)15-7-5-6-8-16(15)18/h5-8,12-14,17,19H,9-11H2,1-4H3. The fourth-order valence-electron chi connectivity index (χ4n) is 3.15. The van der Waals surface area contributed by atoms with E-state index in [2.05, 4.69) is 38.2 Å². The Kier molecular flexibility index (Phi) is 5.17. The summed E-state index contributed by atoms with van der Waals surface area (Å²) < 4.78 is 13.7. The maximum atomic E-state index is 13.7. The lowest BCUT2D eigenvalue weighted by atomic mass is 9.75. The van der Waals surface area contributed by atoms with Gasteiger partial charge in [0.25, 0.3) is 0 Å². The molecule has 1 fully saturated rings. The van der Waals surface area contributed by atoms with Crippen molar-refractivity contribution in [3.05, 3.63) is 35.6 Å². The summed E-state index contributed by atoms with van der Waals surface area (Å²) in [5.41, 5.74) is 0.888. The Balaban J connectivity index is 1.78. The third kappa shape index (κ3) is 3.58. The van der Waals surface area contributed by atoms with Gasteiger partial charge in [0.05, 0.1) is 0 Å². The van der Waals surface area contributed by atoms with Gasteiger partial charge in [-0.15, -0.1) is 0 Å². The van der Waals surface area contributed by atoms with Crippen LogP contribution in [-0.4, -0.2) is 37.6 Å². The topological polar surface area (TPSA) is 15.3 Å². The predicted molar refractivity (Wildman–Crippen MR) is 82.5 cm³/mol. The molecule has 1 atom stereocenters. The van der Waals surface area contributed by atoms with Gasteiger partial charge < -0.3 is 10.2 Å². The van der Waals surface area contributed by atoms with Crippen LogP contribution in [-0.2, 0) is 0 Å². The molecule has 2 nitrogen and oxygen atoms in total. The van der Waals surface area contributed by atoms with E-state index in [1.54, 1.807) is 12.1 Å².